The number of hydrogen-bond acceptors (Lipinski definition) is 1. The summed E-state index contributed by atoms with van der Waals surface area (Å²) in [7, 11) is 0. The molecule has 0 aliphatic heterocycles. The topological polar surface area (TPSA) is 0 Å². The summed E-state index contributed by atoms with van der Waals surface area (Å²) in [6, 6.07) is 19.7. The van der Waals surface area contributed by atoms with E-state index < -0.39 is 0 Å². The third-order valence-corrected chi connectivity index (χ3v) is 9.43. The van der Waals surface area contributed by atoms with Gasteiger partial charge < -0.3 is 0 Å². The lowest BCUT2D eigenvalue weighted by Gasteiger charge is -2.30. The first-order valence-electron chi connectivity index (χ1n) is 13.0. The molecule has 2 aliphatic rings. The number of thiophene rings is 1. The molecular formula is C35H36S. The van der Waals surface area contributed by atoms with Crippen molar-refractivity contribution in [2.75, 3.05) is 0 Å². The molecule has 0 fully saturated rings. The Morgan fingerprint density at radius 3 is 2.39 bits per heavy atom. The smallest absolute Gasteiger partial charge is 0.0772 e. The third-order valence-electron chi connectivity index (χ3n) is 8.64. The van der Waals surface area contributed by atoms with Crippen LogP contribution in [0.4, 0.5) is 0 Å². The first-order chi connectivity index (χ1) is 17.1. The molecule has 0 saturated carbocycles. The molecule has 0 N–H and O–H groups in total. The van der Waals surface area contributed by atoms with E-state index in [-0.39, 0.29) is 10.8 Å². The summed E-state index contributed by atoms with van der Waals surface area (Å²) in [5.74, 6) is 7.82. The van der Waals surface area contributed by atoms with Gasteiger partial charge in [0.2, 0.25) is 0 Å². The Morgan fingerprint density at radius 1 is 0.889 bits per heavy atom. The predicted molar refractivity (Wildman–Crippen MR) is 157 cm³/mol. The highest BCUT2D eigenvalue weighted by Gasteiger charge is 2.38. The lowest BCUT2D eigenvalue weighted by molar-refractivity contribution is 0.477. The summed E-state index contributed by atoms with van der Waals surface area (Å²) < 4.78 is 0. The van der Waals surface area contributed by atoms with Gasteiger partial charge in [-0.15, -0.1) is 11.3 Å². The molecule has 36 heavy (non-hydrogen) atoms. The Hall–Kier alpha value is -3.08. The standard InChI is InChI=1S/C35H36S/c1-23-21-27(16-19-31-25(3)29-12-8-9-13-32(29)35(31,6)7)34(4,5)33-22-26(15-18-30(33)24(23)2)14-17-28-11-10-20-36-28/h8-13,15-16,18-20,22-24H,3,21H2,1-2,4-7H3/b27-16-,31-19-. The average Bonchev–Trinajstić information content (AvgIpc) is 3.43. The van der Waals surface area contributed by atoms with Crippen LogP contribution in [0.1, 0.15) is 86.6 Å². The molecule has 182 valence electrons. The molecule has 0 spiro atoms. The van der Waals surface area contributed by atoms with Crippen molar-refractivity contribution in [3.63, 3.8) is 0 Å². The van der Waals surface area contributed by atoms with Gasteiger partial charge in [0.1, 0.15) is 0 Å². The Balaban J connectivity index is 1.58. The van der Waals surface area contributed by atoms with Gasteiger partial charge in [-0.1, -0.05) is 114 Å². The summed E-state index contributed by atoms with van der Waals surface area (Å²) >= 11 is 1.69. The molecule has 0 amide bonds. The fraction of sp³-hybridized carbons (Fsp3) is 0.314. The molecule has 2 aromatic carbocycles. The molecule has 3 aromatic rings. The number of hydrogen-bond donors (Lipinski definition) is 0. The second-order valence-electron chi connectivity index (χ2n) is 11.5. The molecule has 0 bridgehead atoms. The first kappa shape index (κ1) is 24.6. The minimum Gasteiger partial charge on any atom is -0.135 e. The zero-order valence-electron chi connectivity index (χ0n) is 22.4. The molecule has 5 rings (SSSR count). The second-order valence-corrected chi connectivity index (χ2v) is 12.5. The van der Waals surface area contributed by atoms with Crippen molar-refractivity contribution in [3.05, 3.63) is 123 Å². The van der Waals surface area contributed by atoms with Crippen LogP contribution in [0.5, 0.6) is 0 Å². The van der Waals surface area contributed by atoms with Crippen LogP contribution in [0.2, 0.25) is 0 Å². The van der Waals surface area contributed by atoms with Crippen molar-refractivity contribution >= 4 is 16.9 Å². The van der Waals surface area contributed by atoms with Crippen LogP contribution in [0.3, 0.4) is 0 Å². The molecule has 1 aromatic heterocycles. The summed E-state index contributed by atoms with van der Waals surface area (Å²) in [5, 5.41) is 2.08. The minimum atomic E-state index is -0.0804. The second kappa shape index (κ2) is 9.10. The van der Waals surface area contributed by atoms with Crippen LogP contribution in [-0.4, -0.2) is 0 Å². The number of fused-ring (bicyclic) bond motifs is 2. The van der Waals surface area contributed by atoms with Crippen molar-refractivity contribution in [2.24, 2.45) is 5.92 Å². The van der Waals surface area contributed by atoms with Gasteiger partial charge in [-0.05, 0) is 75.2 Å². The van der Waals surface area contributed by atoms with Crippen molar-refractivity contribution < 1.29 is 0 Å². The van der Waals surface area contributed by atoms with Crippen LogP contribution in [0.25, 0.3) is 5.57 Å². The number of allylic oxidation sites excluding steroid dienone is 5. The zero-order chi connectivity index (χ0) is 25.7. The largest absolute Gasteiger partial charge is 0.135 e. The first-order valence-corrected chi connectivity index (χ1v) is 13.9. The maximum absolute atomic E-state index is 4.50. The quantitative estimate of drug-likeness (QED) is 0.236. The fourth-order valence-corrected chi connectivity index (χ4v) is 6.61. The Labute approximate surface area is 221 Å². The average molecular weight is 489 g/mol. The van der Waals surface area contributed by atoms with Gasteiger partial charge in [0.15, 0.2) is 0 Å². The van der Waals surface area contributed by atoms with Crippen LogP contribution < -0.4 is 0 Å². The van der Waals surface area contributed by atoms with E-state index in [0.717, 1.165) is 22.4 Å². The van der Waals surface area contributed by atoms with E-state index in [1.54, 1.807) is 11.3 Å². The maximum Gasteiger partial charge on any atom is 0.0772 e. The molecule has 0 radical (unpaired) electrons. The van der Waals surface area contributed by atoms with Gasteiger partial charge in [-0.2, -0.15) is 0 Å². The van der Waals surface area contributed by atoms with E-state index in [4.69, 9.17) is 0 Å². The van der Waals surface area contributed by atoms with E-state index in [9.17, 15) is 0 Å². The fourth-order valence-electron chi connectivity index (χ4n) is 6.04. The zero-order valence-corrected chi connectivity index (χ0v) is 23.2. The van der Waals surface area contributed by atoms with E-state index >= 15 is 0 Å². The monoisotopic (exact) mass is 488 g/mol. The van der Waals surface area contributed by atoms with Crippen LogP contribution >= 0.6 is 11.3 Å². The van der Waals surface area contributed by atoms with Crippen LogP contribution in [-0.2, 0) is 10.8 Å². The highest BCUT2D eigenvalue weighted by Crippen LogP contribution is 2.50. The van der Waals surface area contributed by atoms with Crippen LogP contribution in [0.15, 0.2) is 89.9 Å². The van der Waals surface area contributed by atoms with Crippen molar-refractivity contribution in [1.82, 2.24) is 0 Å². The van der Waals surface area contributed by atoms with Gasteiger partial charge in [-0.3, -0.25) is 0 Å². The molecule has 1 heterocycles. The van der Waals surface area contributed by atoms with E-state index in [0.29, 0.717) is 11.8 Å². The summed E-state index contributed by atoms with van der Waals surface area (Å²) in [4.78, 5) is 1.11. The van der Waals surface area contributed by atoms with Crippen molar-refractivity contribution in [2.45, 2.75) is 64.7 Å². The van der Waals surface area contributed by atoms with Crippen LogP contribution in [0, 0.1) is 17.8 Å². The molecule has 2 unspecified atom stereocenters. The molecule has 1 heteroatoms. The summed E-state index contributed by atoms with van der Waals surface area (Å²) in [6.45, 7) is 18.7. The normalized spacial score (nSPS) is 24.1. The highest BCUT2D eigenvalue weighted by atomic mass is 32.1. The summed E-state index contributed by atoms with van der Waals surface area (Å²) in [5.41, 5.74) is 10.5. The molecule has 2 aliphatic carbocycles. The Morgan fingerprint density at radius 2 is 1.67 bits per heavy atom. The van der Waals surface area contributed by atoms with E-state index in [2.05, 4.69) is 132 Å². The molecule has 0 saturated heterocycles. The van der Waals surface area contributed by atoms with Gasteiger partial charge in [0.05, 0.1) is 4.88 Å². The SMILES string of the molecule is C=C1/C(=C/C=C2/CC(C)C(C)c3ccc(C#Cc4cccs4)cc3C2(C)C)C(C)(C)c2ccccc21. The van der Waals surface area contributed by atoms with E-state index in [1.807, 2.05) is 0 Å². The van der Waals surface area contributed by atoms with Gasteiger partial charge in [0.25, 0.3) is 0 Å². The Kier molecular flexibility index (Phi) is 6.22. The number of rotatable bonds is 1. The number of benzene rings is 2. The van der Waals surface area contributed by atoms with Gasteiger partial charge in [0, 0.05) is 16.4 Å². The Bertz CT molecular complexity index is 1440. The van der Waals surface area contributed by atoms with Crippen molar-refractivity contribution in [3.8, 4) is 11.8 Å². The van der Waals surface area contributed by atoms with E-state index in [1.165, 1.54) is 33.4 Å². The van der Waals surface area contributed by atoms with Gasteiger partial charge in [-0.25, -0.2) is 0 Å². The summed E-state index contributed by atoms with van der Waals surface area (Å²) in [6.07, 6.45) is 5.86. The molecule has 2 atom stereocenters. The van der Waals surface area contributed by atoms with Crippen molar-refractivity contribution in [1.29, 1.82) is 0 Å². The third kappa shape index (κ3) is 4.12. The predicted octanol–water partition coefficient (Wildman–Crippen LogP) is 9.43. The highest BCUT2D eigenvalue weighted by molar-refractivity contribution is 7.10. The van der Waals surface area contributed by atoms with Gasteiger partial charge >= 0.3 is 0 Å². The lowest BCUT2D eigenvalue weighted by atomic mass is 9.74. The molecular weight excluding hydrogens is 452 g/mol. The molecule has 0 nitrogen and oxygen atoms in total. The maximum atomic E-state index is 4.50. The minimum absolute atomic E-state index is 0.0407. The lowest BCUT2D eigenvalue weighted by Crippen LogP contribution is -2.21.